The third-order valence-electron chi connectivity index (χ3n) is 4.59. The molecule has 0 spiro atoms. The normalized spacial score (nSPS) is 10.9. The van der Waals surface area contributed by atoms with Gasteiger partial charge in [0.25, 0.3) is 0 Å². The van der Waals surface area contributed by atoms with Crippen molar-refractivity contribution in [2.45, 2.75) is 0 Å². The largest absolute Gasteiger partial charge is 0.362 e. The molecule has 140 valence electrons. The molecule has 3 aromatic carbocycles. The van der Waals surface area contributed by atoms with Crippen molar-refractivity contribution in [3.05, 3.63) is 96.2 Å². The molecule has 5 aromatic rings. The van der Waals surface area contributed by atoms with E-state index >= 15 is 0 Å². The van der Waals surface area contributed by atoms with Gasteiger partial charge >= 0.3 is 0 Å². The molecule has 0 atom stereocenters. The van der Waals surface area contributed by atoms with Gasteiger partial charge in [0.05, 0.1) is 5.56 Å². The average Bonchev–Trinajstić information content (AvgIpc) is 3.42. The highest BCUT2D eigenvalue weighted by atomic mass is 35.5. The van der Waals surface area contributed by atoms with Crippen LogP contribution in [0.4, 0.5) is 0 Å². The Hall–Kier alpha value is -3.70. The maximum atomic E-state index is 6.42. The van der Waals surface area contributed by atoms with Gasteiger partial charge in [0.2, 0.25) is 5.82 Å². The summed E-state index contributed by atoms with van der Waals surface area (Å²) < 4.78 is 7.03. The third-order valence-corrected chi connectivity index (χ3v) is 4.92. The number of aromatic nitrogens is 4. The topological polar surface area (TPSA) is 56.7 Å². The molecule has 0 aliphatic rings. The lowest BCUT2D eigenvalue weighted by Crippen LogP contribution is -2.02. The fourth-order valence-corrected chi connectivity index (χ4v) is 3.43. The minimum atomic E-state index is 0.534. The molecule has 0 aliphatic heterocycles. The Labute approximate surface area is 172 Å². The van der Waals surface area contributed by atoms with Crippen LogP contribution in [0.5, 0.6) is 0 Å². The van der Waals surface area contributed by atoms with Crippen molar-refractivity contribution in [2.24, 2.45) is 0 Å². The van der Waals surface area contributed by atoms with Gasteiger partial charge in [-0.2, -0.15) is 4.68 Å². The van der Waals surface area contributed by atoms with Crippen LogP contribution in [0, 0.1) is 0 Å². The summed E-state index contributed by atoms with van der Waals surface area (Å²) in [5.41, 5.74) is 3.42. The van der Waals surface area contributed by atoms with E-state index in [1.807, 2.05) is 84.9 Å². The van der Waals surface area contributed by atoms with Crippen LogP contribution in [0.2, 0.25) is 5.02 Å². The number of nitrogens with zero attached hydrogens (tertiary/aromatic N) is 4. The molecule has 29 heavy (non-hydrogen) atoms. The van der Waals surface area contributed by atoms with Crippen LogP contribution in [0.25, 0.3) is 39.7 Å². The van der Waals surface area contributed by atoms with Gasteiger partial charge in [-0.1, -0.05) is 95.6 Å². The van der Waals surface area contributed by atoms with Gasteiger partial charge in [-0.05, 0) is 6.07 Å². The lowest BCUT2D eigenvalue weighted by molar-refractivity contribution is 0.415. The quantitative estimate of drug-likeness (QED) is 0.377. The fraction of sp³-hybridized carbons (Fsp3) is 0. The first-order valence-electron chi connectivity index (χ1n) is 9.09. The van der Waals surface area contributed by atoms with Crippen molar-refractivity contribution in [1.82, 2.24) is 19.9 Å². The maximum absolute atomic E-state index is 6.42. The highest BCUT2D eigenvalue weighted by Crippen LogP contribution is 2.34. The van der Waals surface area contributed by atoms with Gasteiger partial charge < -0.3 is 4.52 Å². The van der Waals surface area contributed by atoms with E-state index in [9.17, 15) is 0 Å². The lowest BCUT2D eigenvalue weighted by atomic mass is 10.1. The van der Waals surface area contributed by atoms with Crippen LogP contribution in [0.1, 0.15) is 0 Å². The summed E-state index contributed by atoms with van der Waals surface area (Å²) in [6.07, 6.45) is 1.58. The van der Waals surface area contributed by atoms with E-state index in [2.05, 4.69) is 5.16 Å². The van der Waals surface area contributed by atoms with Crippen LogP contribution in [0.15, 0.2) is 95.7 Å². The SMILES string of the molecule is Clc1ccccc1-c1conc1-n1nc(-c2ccccc2)nc1-c1ccccc1. The van der Waals surface area contributed by atoms with Crippen molar-refractivity contribution in [3.8, 4) is 39.7 Å². The molecule has 0 bridgehead atoms. The molecule has 0 unspecified atom stereocenters. The zero-order valence-electron chi connectivity index (χ0n) is 15.2. The molecule has 0 saturated heterocycles. The Kier molecular flexibility index (Phi) is 4.42. The summed E-state index contributed by atoms with van der Waals surface area (Å²) >= 11 is 6.42. The van der Waals surface area contributed by atoms with Crippen molar-refractivity contribution >= 4 is 11.6 Å². The maximum Gasteiger partial charge on any atom is 0.206 e. The molecular weight excluding hydrogens is 384 g/mol. The van der Waals surface area contributed by atoms with Gasteiger partial charge in [-0.25, -0.2) is 4.98 Å². The van der Waals surface area contributed by atoms with Gasteiger partial charge in [0.1, 0.15) is 6.26 Å². The van der Waals surface area contributed by atoms with E-state index in [1.165, 1.54) is 0 Å². The van der Waals surface area contributed by atoms with Crippen molar-refractivity contribution < 1.29 is 4.52 Å². The molecule has 0 radical (unpaired) electrons. The highest BCUT2D eigenvalue weighted by Gasteiger charge is 2.21. The smallest absolute Gasteiger partial charge is 0.206 e. The van der Waals surface area contributed by atoms with Crippen molar-refractivity contribution in [1.29, 1.82) is 0 Å². The molecule has 2 aromatic heterocycles. The summed E-state index contributed by atoms with van der Waals surface area (Å²) in [7, 11) is 0. The first-order chi connectivity index (χ1) is 14.3. The number of halogens is 1. The number of benzene rings is 3. The molecule has 0 N–H and O–H groups in total. The second-order valence-electron chi connectivity index (χ2n) is 6.43. The van der Waals surface area contributed by atoms with E-state index in [-0.39, 0.29) is 0 Å². The standard InChI is InChI=1S/C23H15ClN4O/c24-20-14-8-7-13-18(20)19-15-29-27-23(19)28-22(17-11-5-2-6-12-17)25-21(26-28)16-9-3-1-4-10-16/h1-15H. The fourth-order valence-electron chi connectivity index (χ4n) is 3.19. The second kappa shape index (κ2) is 7.37. The first-order valence-corrected chi connectivity index (χ1v) is 9.46. The lowest BCUT2D eigenvalue weighted by Gasteiger charge is -2.06. The molecule has 5 rings (SSSR count). The first kappa shape index (κ1) is 17.4. The van der Waals surface area contributed by atoms with Crippen LogP contribution in [-0.4, -0.2) is 19.9 Å². The zero-order valence-corrected chi connectivity index (χ0v) is 16.0. The monoisotopic (exact) mass is 398 g/mol. The van der Waals surface area contributed by atoms with E-state index in [0.717, 1.165) is 22.3 Å². The van der Waals surface area contributed by atoms with Crippen LogP contribution in [-0.2, 0) is 0 Å². The Bertz CT molecular complexity index is 1260. The van der Waals surface area contributed by atoms with Crippen LogP contribution < -0.4 is 0 Å². The summed E-state index contributed by atoms with van der Waals surface area (Å²) in [5, 5.41) is 9.59. The second-order valence-corrected chi connectivity index (χ2v) is 6.84. The summed E-state index contributed by atoms with van der Waals surface area (Å²) in [6.45, 7) is 0. The molecule has 6 heteroatoms. The summed E-state index contributed by atoms with van der Waals surface area (Å²) in [5.74, 6) is 1.82. The van der Waals surface area contributed by atoms with E-state index < -0.39 is 0 Å². The summed E-state index contributed by atoms with van der Waals surface area (Å²) in [4.78, 5) is 4.80. The van der Waals surface area contributed by atoms with Gasteiger partial charge in [0, 0.05) is 21.7 Å². The van der Waals surface area contributed by atoms with Crippen molar-refractivity contribution in [2.75, 3.05) is 0 Å². The molecule has 2 heterocycles. The van der Waals surface area contributed by atoms with Gasteiger partial charge in [-0.3, -0.25) is 0 Å². The minimum absolute atomic E-state index is 0.534. The number of rotatable bonds is 4. The van der Waals surface area contributed by atoms with Crippen LogP contribution >= 0.6 is 11.6 Å². The van der Waals surface area contributed by atoms with Crippen LogP contribution in [0.3, 0.4) is 0 Å². The van der Waals surface area contributed by atoms with E-state index in [0.29, 0.717) is 22.5 Å². The van der Waals surface area contributed by atoms with E-state index in [1.54, 1.807) is 10.9 Å². The molecular formula is C23H15ClN4O. The third kappa shape index (κ3) is 3.22. The van der Waals surface area contributed by atoms with Crippen molar-refractivity contribution in [3.63, 3.8) is 0 Å². The average molecular weight is 399 g/mol. The zero-order chi connectivity index (χ0) is 19.6. The van der Waals surface area contributed by atoms with E-state index in [4.69, 9.17) is 26.2 Å². The predicted octanol–water partition coefficient (Wildman–Crippen LogP) is 5.91. The predicted molar refractivity (Wildman–Crippen MR) is 113 cm³/mol. The van der Waals surface area contributed by atoms with Gasteiger partial charge in [-0.15, -0.1) is 5.10 Å². The van der Waals surface area contributed by atoms with Gasteiger partial charge in [0.15, 0.2) is 11.6 Å². The Morgan fingerprint density at radius 1 is 0.724 bits per heavy atom. The number of hydrogen-bond acceptors (Lipinski definition) is 4. The minimum Gasteiger partial charge on any atom is -0.362 e. The molecule has 0 aliphatic carbocycles. The molecule has 0 amide bonds. The Morgan fingerprint density at radius 2 is 1.38 bits per heavy atom. The molecule has 5 nitrogen and oxygen atoms in total. The molecule has 0 fully saturated rings. The Balaban J connectivity index is 1.73. The molecule has 0 saturated carbocycles. The Morgan fingerprint density at radius 3 is 2.10 bits per heavy atom. The summed E-state index contributed by atoms with van der Waals surface area (Å²) in [6, 6.07) is 27.3. The number of hydrogen-bond donors (Lipinski definition) is 0. The highest BCUT2D eigenvalue weighted by molar-refractivity contribution is 6.33.